The molecule has 0 unspecified atom stereocenters. The van der Waals surface area contributed by atoms with Gasteiger partial charge in [-0.2, -0.15) is 0 Å². The average molecular weight is 237 g/mol. The molecule has 0 atom stereocenters. The fraction of sp³-hybridized carbons (Fsp3) is 0.417. The summed E-state index contributed by atoms with van der Waals surface area (Å²) in [6.45, 7) is 0. The van der Waals surface area contributed by atoms with Crippen molar-refractivity contribution in [2.24, 2.45) is 0 Å². The van der Waals surface area contributed by atoms with Crippen molar-refractivity contribution in [1.29, 1.82) is 0 Å². The Kier molecular flexibility index (Phi) is 2.28. The molecule has 1 heterocycles. The first-order chi connectivity index (χ1) is 7.79. The third kappa shape index (κ3) is 1.39. The summed E-state index contributed by atoms with van der Waals surface area (Å²) in [4.78, 5) is 4.37. The predicted octanol–water partition coefficient (Wildman–Crippen LogP) is 3.42. The highest BCUT2D eigenvalue weighted by molar-refractivity contribution is 6.29. The second kappa shape index (κ2) is 3.67. The van der Waals surface area contributed by atoms with Crippen molar-refractivity contribution >= 4 is 22.6 Å². The number of aromatic nitrogens is 2. The number of halogens is 1. The van der Waals surface area contributed by atoms with Gasteiger partial charge in [-0.15, -0.1) is 0 Å². The summed E-state index contributed by atoms with van der Waals surface area (Å²) in [5.74, 6) is 0.822. The molecule has 0 amide bonds. The minimum absolute atomic E-state index is 0.533. The van der Waals surface area contributed by atoms with Crippen LogP contribution in [0.1, 0.15) is 25.3 Å². The molecule has 0 N–H and O–H groups in total. The van der Waals surface area contributed by atoms with E-state index in [1.807, 2.05) is 18.2 Å². The van der Waals surface area contributed by atoms with Crippen LogP contribution in [0.5, 0.6) is 5.75 Å². The summed E-state index contributed by atoms with van der Waals surface area (Å²) < 4.78 is 7.32. The predicted molar refractivity (Wildman–Crippen MR) is 64.2 cm³/mol. The van der Waals surface area contributed by atoms with Crippen LogP contribution >= 0.6 is 11.6 Å². The van der Waals surface area contributed by atoms with Gasteiger partial charge in [-0.05, 0) is 43.0 Å². The number of fused-ring (bicyclic) bond motifs is 1. The topological polar surface area (TPSA) is 27.1 Å². The molecule has 16 heavy (non-hydrogen) atoms. The highest BCUT2D eigenvalue weighted by Gasteiger charge is 2.23. The van der Waals surface area contributed by atoms with E-state index in [2.05, 4.69) is 9.55 Å². The van der Waals surface area contributed by atoms with Gasteiger partial charge >= 0.3 is 0 Å². The number of benzene rings is 1. The second-order valence-corrected chi connectivity index (χ2v) is 4.53. The SMILES string of the molecule is COc1ccc2c(c1)nc(Cl)n2C1CCC1. The van der Waals surface area contributed by atoms with Gasteiger partial charge in [-0.25, -0.2) is 4.98 Å². The number of imidazole rings is 1. The van der Waals surface area contributed by atoms with Crippen molar-refractivity contribution in [2.75, 3.05) is 7.11 Å². The lowest BCUT2D eigenvalue weighted by Crippen LogP contribution is -2.16. The van der Waals surface area contributed by atoms with Crippen LogP contribution in [0.15, 0.2) is 18.2 Å². The Morgan fingerprint density at radius 3 is 2.88 bits per heavy atom. The smallest absolute Gasteiger partial charge is 0.204 e. The lowest BCUT2D eigenvalue weighted by atomic mass is 9.93. The summed E-state index contributed by atoms with van der Waals surface area (Å²) >= 11 is 6.18. The largest absolute Gasteiger partial charge is 0.497 e. The Labute approximate surface area is 99.0 Å². The molecule has 0 saturated heterocycles. The van der Waals surface area contributed by atoms with Crippen LogP contribution in [-0.4, -0.2) is 16.7 Å². The fourth-order valence-corrected chi connectivity index (χ4v) is 2.49. The van der Waals surface area contributed by atoms with Gasteiger partial charge in [0.1, 0.15) is 5.75 Å². The van der Waals surface area contributed by atoms with Crippen LogP contribution in [0.3, 0.4) is 0 Å². The molecule has 0 spiro atoms. The Bertz CT molecular complexity index is 531. The maximum Gasteiger partial charge on any atom is 0.204 e. The summed E-state index contributed by atoms with van der Waals surface area (Å²) in [6.07, 6.45) is 3.70. The van der Waals surface area contributed by atoms with Gasteiger partial charge in [0.05, 0.1) is 18.1 Å². The quantitative estimate of drug-likeness (QED) is 0.799. The maximum atomic E-state index is 6.18. The Morgan fingerprint density at radius 1 is 1.44 bits per heavy atom. The first-order valence-corrected chi connectivity index (χ1v) is 5.89. The van der Waals surface area contributed by atoms with Gasteiger partial charge < -0.3 is 9.30 Å². The maximum absolute atomic E-state index is 6.18. The summed E-state index contributed by atoms with van der Waals surface area (Å²) in [5.41, 5.74) is 2.02. The number of ether oxygens (including phenoxy) is 1. The van der Waals surface area contributed by atoms with Crippen LogP contribution < -0.4 is 4.74 Å². The van der Waals surface area contributed by atoms with Crippen molar-refractivity contribution in [3.05, 3.63) is 23.5 Å². The van der Waals surface area contributed by atoms with E-state index in [4.69, 9.17) is 16.3 Å². The second-order valence-electron chi connectivity index (χ2n) is 4.19. The third-order valence-corrected chi connectivity index (χ3v) is 3.56. The Hall–Kier alpha value is -1.22. The highest BCUT2D eigenvalue weighted by Crippen LogP contribution is 2.37. The normalized spacial score (nSPS) is 16.4. The molecular formula is C12H13ClN2O. The Balaban J connectivity index is 2.16. The lowest BCUT2D eigenvalue weighted by Gasteiger charge is -2.27. The van der Waals surface area contributed by atoms with Gasteiger partial charge in [0.25, 0.3) is 0 Å². The van der Waals surface area contributed by atoms with Gasteiger partial charge in [0.2, 0.25) is 5.28 Å². The monoisotopic (exact) mass is 236 g/mol. The molecule has 84 valence electrons. The van der Waals surface area contributed by atoms with Gasteiger partial charge in [0, 0.05) is 12.1 Å². The van der Waals surface area contributed by atoms with Crippen molar-refractivity contribution in [3.8, 4) is 5.75 Å². The summed E-state index contributed by atoms with van der Waals surface area (Å²) in [7, 11) is 1.66. The summed E-state index contributed by atoms with van der Waals surface area (Å²) in [6, 6.07) is 6.45. The summed E-state index contributed by atoms with van der Waals surface area (Å²) in [5, 5.41) is 0.591. The van der Waals surface area contributed by atoms with E-state index >= 15 is 0 Å². The zero-order valence-corrected chi connectivity index (χ0v) is 9.87. The molecule has 4 heteroatoms. The number of hydrogen-bond acceptors (Lipinski definition) is 2. The van der Waals surface area contributed by atoms with E-state index in [0.29, 0.717) is 11.3 Å². The van der Waals surface area contributed by atoms with E-state index in [-0.39, 0.29) is 0 Å². The van der Waals surface area contributed by atoms with Crippen molar-refractivity contribution in [2.45, 2.75) is 25.3 Å². The first-order valence-electron chi connectivity index (χ1n) is 5.51. The zero-order valence-electron chi connectivity index (χ0n) is 9.11. The molecular weight excluding hydrogens is 224 g/mol. The third-order valence-electron chi connectivity index (χ3n) is 3.29. The number of nitrogens with zero attached hydrogens (tertiary/aromatic N) is 2. The number of hydrogen-bond donors (Lipinski definition) is 0. The molecule has 1 aliphatic rings. The lowest BCUT2D eigenvalue weighted by molar-refractivity contribution is 0.320. The van der Waals surface area contributed by atoms with Crippen molar-refractivity contribution in [3.63, 3.8) is 0 Å². The molecule has 3 nitrogen and oxygen atoms in total. The van der Waals surface area contributed by atoms with Gasteiger partial charge in [-0.1, -0.05) is 0 Å². The number of methoxy groups -OCH3 is 1. The van der Waals surface area contributed by atoms with Crippen LogP contribution in [0.4, 0.5) is 0 Å². The molecule has 1 aromatic carbocycles. The molecule has 0 aliphatic heterocycles. The average Bonchev–Trinajstić information content (AvgIpc) is 2.53. The first kappa shape index (κ1) is 9.97. The molecule has 1 aromatic heterocycles. The standard InChI is InChI=1S/C12H13ClN2O/c1-16-9-5-6-11-10(7-9)14-12(13)15(11)8-3-2-4-8/h5-8H,2-4H2,1H3. The minimum Gasteiger partial charge on any atom is -0.497 e. The van der Waals surface area contributed by atoms with E-state index in [1.54, 1.807) is 7.11 Å². The van der Waals surface area contributed by atoms with E-state index in [9.17, 15) is 0 Å². The van der Waals surface area contributed by atoms with Crippen molar-refractivity contribution in [1.82, 2.24) is 9.55 Å². The van der Waals surface area contributed by atoms with Crippen molar-refractivity contribution < 1.29 is 4.74 Å². The van der Waals surface area contributed by atoms with E-state index in [0.717, 1.165) is 16.8 Å². The van der Waals surface area contributed by atoms with Crippen LogP contribution in [-0.2, 0) is 0 Å². The Morgan fingerprint density at radius 2 is 2.25 bits per heavy atom. The molecule has 1 fully saturated rings. The van der Waals surface area contributed by atoms with Gasteiger partial charge in [-0.3, -0.25) is 0 Å². The minimum atomic E-state index is 0.533. The highest BCUT2D eigenvalue weighted by atomic mass is 35.5. The number of rotatable bonds is 2. The molecule has 0 radical (unpaired) electrons. The molecule has 1 saturated carbocycles. The van der Waals surface area contributed by atoms with Gasteiger partial charge in [0.15, 0.2) is 0 Å². The van der Waals surface area contributed by atoms with E-state index in [1.165, 1.54) is 19.3 Å². The van der Waals surface area contributed by atoms with Crippen LogP contribution in [0, 0.1) is 0 Å². The zero-order chi connectivity index (χ0) is 11.1. The molecule has 0 bridgehead atoms. The molecule has 3 rings (SSSR count). The van der Waals surface area contributed by atoms with Crippen LogP contribution in [0.2, 0.25) is 5.28 Å². The fourth-order valence-electron chi connectivity index (χ4n) is 2.17. The molecule has 2 aromatic rings. The van der Waals surface area contributed by atoms with Crippen LogP contribution in [0.25, 0.3) is 11.0 Å². The van der Waals surface area contributed by atoms with E-state index < -0.39 is 0 Å². The molecule has 1 aliphatic carbocycles.